The summed E-state index contributed by atoms with van der Waals surface area (Å²) >= 11 is 0. The zero-order valence-electron chi connectivity index (χ0n) is 10.4. The number of carbonyl (C=O) groups is 1. The predicted molar refractivity (Wildman–Crippen MR) is 64.8 cm³/mol. The first-order chi connectivity index (χ1) is 8.12. The van der Waals surface area contributed by atoms with Crippen LogP contribution in [-0.4, -0.2) is 25.3 Å². The highest BCUT2D eigenvalue weighted by Crippen LogP contribution is 2.34. The van der Waals surface area contributed by atoms with Crippen LogP contribution in [0.15, 0.2) is 18.2 Å². The van der Waals surface area contributed by atoms with E-state index < -0.39 is 5.97 Å². The summed E-state index contributed by atoms with van der Waals surface area (Å²) in [7, 11) is 3.16. The average Bonchev–Trinajstić information content (AvgIpc) is 2.35. The Bertz CT molecular complexity index is 387. The SMILES string of the molecule is CCC(CC(=O)O)c1ccc(OC)cc1OC. The molecule has 0 radical (unpaired) electrons. The molecule has 0 fully saturated rings. The van der Waals surface area contributed by atoms with E-state index in [0.29, 0.717) is 11.5 Å². The van der Waals surface area contributed by atoms with Gasteiger partial charge in [0.25, 0.3) is 0 Å². The van der Waals surface area contributed by atoms with Gasteiger partial charge in [-0.3, -0.25) is 4.79 Å². The molecule has 0 spiro atoms. The molecule has 0 bridgehead atoms. The van der Waals surface area contributed by atoms with Gasteiger partial charge in [-0.05, 0) is 24.0 Å². The quantitative estimate of drug-likeness (QED) is 0.827. The van der Waals surface area contributed by atoms with E-state index in [4.69, 9.17) is 14.6 Å². The fourth-order valence-corrected chi connectivity index (χ4v) is 1.84. The van der Waals surface area contributed by atoms with Gasteiger partial charge in [-0.1, -0.05) is 13.0 Å². The topological polar surface area (TPSA) is 55.8 Å². The minimum atomic E-state index is -0.797. The molecule has 0 heterocycles. The van der Waals surface area contributed by atoms with E-state index in [1.54, 1.807) is 20.3 Å². The summed E-state index contributed by atoms with van der Waals surface area (Å²) in [6.07, 6.45) is 0.869. The zero-order chi connectivity index (χ0) is 12.8. The molecule has 1 aromatic rings. The molecular weight excluding hydrogens is 220 g/mol. The average molecular weight is 238 g/mol. The molecule has 1 aromatic carbocycles. The molecule has 1 N–H and O–H groups in total. The van der Waals surface area contributed by atoms with Crippen molar-refractivity contribution in [2.75, 3.05) is 14.2 Å². The van der Waals surface area contributed by atoms with Crippen molar-refractivity contribution in [1.29, 1.82) is 0 Å². The Morgan fingerprint density at radius 1 is 1.35 bits per heavy atom. The van der Waals surface area contributed by atoms with Crippen LogP contribution in [0.2, 0.25) is 0 Å². The summed E-state index contributed by atoms with van der Waals surface area (Å²) in [4.78, 5) is 10.8. The molecule has 94 valence electrons. The van der Waals surface area contributed by atoms with Crippen LogP contribution in [0.25, 0.3) is 0 Å². The Morgan fingerprint density at radius 3 is 2.53 bits per heavy atom. The fraction of sp³-hybridized carbons (Fsp3) is 0.462. The number of rotatable bonds is 6. The largest absolute Gasteiger partial charge is 0.497 e. The summed E-state index contributed by atoms with van der Waals surface area (Å²) in [6, 6.07) is 5.47. The minimum absolute atomic E-state index is 0.0339. The van der Waals surface area contributed by atoms with Crippen LogP contribution in [0, 0.1) is 0 Å². The van der Waals surface area contributed by atoms with E-state index in [1.165, 1.54) is 0 Å². The second-order valence-corrected chi connectivity index (χ2v) is 3.81. The van der Waals surface area contributed by atoms with Crippen LogP contribution >= 0.6 is 0 Å². The van der Waals surface area contributed by atoms with Crippen LogP contribution in [-0.2, 0) is 4.79 Å². The molecule has 1 rings (SSSR count). The van der Waals surface area contributed by atoms with Crippen molar-refractivity contribution in [3.8, 4) is 11.5 Å². The Morgan fingerprint density at radius 2 is 2.06 bits per heavy atom. The molecule has 17 heavy (non-hydrogen) atoms. The van der Waals surface area contributed by atoms with Gasteiger partial charge >= 0.3 is 5.97 Å². The molecule has 0 aliphatic carbocycles. The van der Waals surface area contributed by atoms with Gasteiger partial charge in [0.15, 0.2) is 0 Å². The normalized spacial score (nSPS) is 11.9. The molecule has 0 saturated heterocycles. The first-order valence-electron chi connectivity index (χ1n) is 5.56. The number of carboxylic acid groups (broad SMARTS) is 1. The first-order valence-corrected chi connectivity index (χ1v) is 5.56. The lowest BCUT2D eigenvalue weighted by Gasteiger charge is -2.17. The molecular formula is C13H18O4. The van der Waals surface area contributed by atoms with Gasteiger partial charge in [0.05, 0.1) is 20.6 Å². The summed E-state index contributed by atoms with van der Waals surface area (Å²) in [5, 5.41) is 8.88. The molecule has 0 aliphatic rings. The predicted octanol–water partition coefficient (Wildman–Crippen LogP) is 2.67. The molecule has 1 atom stereocenters. The third kappa shape index (κ3) is 3.37. The molecule has 0 aliphatic heterocycles. The first kappa shape index (κ1) is 13.4. The van der Waals surface area contributed by atoms with Gasteiger partial charge in [0, 0.05) is 6.07 Å². The fourth-order valence-electron chi connectivity index (χ4n) is 1.84. The van der Waals surface area contributed by atoms with Crippen LogP contribution in [0.4, 0.5) is 0 Å². The monoisotopic (exact) mass is 238 g/mol. The highest BCUT2D eigenvalue weighted by molar-refractivity contribution is 5.68. The van der Waals surface area contributed by atoms with E-state index in [2.05, 4.69) is 0 Å². The van der Waals surface area contributed by atoms with Gasteiger partial charge in [0.1, 0.15) is 11.5 Å². The second-order valence-electron chi connectivity index (χ2n) is 3.81. The van der Waals surface area contributed by atoms with E-state index in [0.717, 1.165) is 12.0 Å². The molecule has 1 unspecified atom stereocenters. The van der Waals surface area contributed by atoms with Crippen molar-refractivity contribution in [2.45, 2.75) is 25.7 Å². The van der Waals surface area contributed by atoms with Crippen molar-refractivity contribution < 1.29 is 19.4 Å². The van der Waals surface area contributed by atoms with Crippen molar-refractivity contribution in [3.63, 3.8) is 0 Å². The standard InChI is InChI=1S/C13H18O4/c1-4-9(7-13(14)15)11-6-5-10(16-2)8-12(11)17-3/h5-6,8-9H,4,7H2,1-3H3,(H,14,15). The summed E-state index contributed by atoms with van der Waals surface area (Å²) in [6.45, 7) is 1.97. The summed E-state index contributed by atoms with van der Waals surface area (Å²) in [5.74, 6) is 0.552. The Balaban J connectivity index is 3.05. The zero-order valence-corrected chi connectivity index (χ0v) is 10.4. The number of methoxy groups -OCH3 is 2. The Hall–Kier alpha value is -1.71. The second kappa shape index (κ2) is 6.13. The van der Waals surface area contributed by atoms with Crippen molar-refractivity contribution in [2.24, 2.45) is 0 Å². The van der Waals surface area contributed by atoms with Gasteiger partial charge in [-0.15, -0.1) is 0 Å². The van der Waals surface area contributed by atoms with E-state index in [9.17, 15) is 4.79 Å². The van der Waals surface area contributed by atoms with Crippen molar-refractivity contribution in [1.82, 2.24) is 0 Å². The highest BCUT2D eigenvalue weighted by Gasteiger charge is 2.18. The molecule has 0 aromatic heterocycles. The third-order valence-electron chi connectivity index (χ3n) is 2.79. The number of ether oxygens (including phenoxy) is 2. The minimum Gasteiger partial charge on any atom is -0.497 e. The van der Waals surface area contributed by atoms with Gasteiger partial charge in [0.2, 0.25) is 0 Å². The maximum absolute atomic E-state index is 10.8. The van der Waals surface area contributed by atoms with Crippen molar-refractivity contribution in [3.05, 3.63) is 23.8 Å². The van der Waals surface area contributed by atoms with E-state index in [-0.39, 0.29) is 12.3 Å². The smallest absolute Gasteiger partial charge is 0.303 e. The number of carboxylic acids is 1. The lowest BCUT2D eigenvalue weighted by atomic mass is 9.92. The number of benzene rings is 1. The van der Waals surface area contributed by atoms with Gasteiger partial charge < -0.3 is 14.6 Å². The Kier molecular flexibility index (Phi) is 4.82. The number of hydrogen-bond acceptors (Lipinski definition) is 3. The van der Waals surface area contributed by atoms with E-state index >= 15 is 0 Å². The van der Waals surface area contributed by atoms with Crippen LogP contribution in [0.3, 0.4) is 0 Å². The van der Waals surface area contributed by atoms with Crippen LogP contribution in [0.5, 0.6) is 11.5 Å². The van der Waals surface area contributed by atoms with Crippen LogP contribution in [0.1, 0.15) is 31.2 Å². The van der Waals surface area contributed by atoms with Gasteiger partial charge in [-0.25, -0.2) is 0 Å². The van der Waals surface area contributed by atoms with Gasteiger partial charge in [-0.2, -0.15) is 0 Å². The Labute approximate surface area is 101 Å². The summed E-state index contributed by atoms with van der Waals surface area (Å²) < 4.78 is 10.4. The lowest BCUT2D eigenvalue weighted by molar-refractivity contribution is -0.137. The lowest BCUT2D eigenvalue weighted by Crippen LogP contribution is -2.07. The third-order valence-corrected chi connectivity index (χ3v) is 2.79. The van der Waals surface area contributed by atoms with E-state index in [1.807, 2.05) is 19.1 Å². The van der Waals surface area contributed by atoms with Crippen molar-refractivity contribution >= 4 is 5.97 Å². The molecule has 0 amide bonds. The molecule has 4 nitrogen and oxygen atoms in total. The molecule has 0 saturated carbocycles. The maximum Gasteiger partial charge on any atom is 0.303 e. The number of aliphatic carboxylic acids is 1. The molecule has 4 heteroatoms. The van der Waals surface area contributed by atoms with Crippen LogP contribution < -0.4 is 9.47 Å². The highest BCUT2D eigenvalue weighted by atomic mass is 16.5. The maximum atomic E-state index is 10.8. The number of hydrogen-bond donors (Lipinski definition) is 1. The summed E-state index contributed by atoms with van der Waals surface area (Å²) in [5.41, 5.74) is 0.915.